The van der Waals surface area contributed by atoms with Gasteiger partial charge in [-0.1, -0.05) is 19.3 Å². The number of nitrogen functional groups attached to an aromatic ring is 1. The summed E-state index contributed by atoms with van der Waals surface area (Å²) >= 11 is 1.82. The molecule has 0 bridgehead atoms. The average Bonchev–Trinajstić information content (AvgIpc) is 2.45. The molecule has 0 amide bonds. The highest BCUT2D eigenvalue weighted by molar-refractivity contribution is 8.00. The topological polar surface area (TPSA) is 107 Å². The molecule has 8 heteroatoms. The van der Waals surface area contributed by atoms with Crippen LogP contribution in [0.25, 0.3) is 0 Å². The first kappa shape index (κ1) is 14.8. The van der Waals surface area contributed by atoms with Gasteiger partial charge in [-0.25, -0.2) is 9.97 Å². The lowest BCUT2D eigenvalue weighted by Gasteiger charge is -2.35. The highest BCUT2D eigenvalue weighted by Crippen LogP contribution is 2.39. The lowest BCUT2D eigenvalue weighted by Crippen LogP contribution is -2.35. The Morgan fingerprint density at radius 1 is 1.45 bits per heavy atom. The molecule has 1 aromatic heterocycles. The Bertz CT molecular complexity index is 491. The number of anilines is 2. The molecule has 1 aliphatic carbocycles. The molecule has 2 rings (SSSR count). The van der Waals surface area contributed by atoms with Crippen LogP contribution in [-0.2, 0) is 0 Å². The number of nitrogens with one attached hydrogen (secondary N) is 1. The number of thioether (sulfide) groups is 1. The summed E-state index contributed by atoms with van der Waals surface area (Å²) in [7, 11) is 0. The second kappa shape index (κ2) is 6.25. The Hall–Kier alpha value is -1.57. The van der Waals surface area contributed by atoms with E-state index in [0.717, 1.165) is 12.8 Å². The van der Waals surface area contributed by atoms with Gasteiger partial charge in [0.05, 0.1) is 4.92 Å². The summed E-state index contributed by atoms with van der Waals surface area (Å²) in [6.07, 6.45) is 9.26. The Morgan fingerprint density at radius 3 is 2.75 bits per heavy atom. The molecule has 1 aromatic rings. The zero-order valence-corrected chi connectivity index (χ0v) is 12.3. The Balaban J connectivity index is 2.14. The Kier molecular flexibility index (Phi) is 4.64. The van der Waals surface area contributed by atoms with Gasteiger partial charge < -0.3 is 11.1 Å². The second-order valence-electron chi connectivity index (χ2n) is 5.01. The Morgan fingerprint density at radius 2 is 2.15 bits per heavy atom. The molecule has 3 N–H and O–H groups in total. The van der Waals surface area contributed by atoms with Crippen LogP contribution in [0.2, 0.25) is 0 Å². The third-order valence-corrected chi connectivity index (χ3v) is 5.23. The number of nitro groups is 1. The zero-order chi connectivity index (χ0) is 14.6. The number of nitrogens with two attached hydrogens (primary N) is 1. The van der Waals surface area contributed by atoms with E-state index < -0.39 is 4.92 Å². The van der Waals surface area contributed by atoms with E-state index in [0.29, 0.717) is 6.54 Å². The van der Waals surface area contributed by atoms with Gasteiger partial charge in [-0.05, 0) is 19.1 Å². The normalized spacial score (nSPS) is 17.6. The molecular weight excluding hydrogens is 278 g/mol. The number of nitrogens with zero attached hydrogens (tertiary/aromatic N) is 3. The summed E-state index contributed by atoms with van der Waals surface area (Å²) in [5, 5.41) is 14.1. The first-order valence-corrected chi connectivity index (χ1v) is 7.84. The SMILES string of the molecule is CSC1(CNc2ncnc(N)c2[N+](=O)[O-])CCCCC1. The van der Waals surface area contributed by atoms with Crippen molar-refractivity contribution in [1.82, 2.24) is 9.97 Å². The molecule has 1 saturated carbocycles. The zero-order valence-electron chi connectivity index (χ0n) is 11.5. The molecule has 0 saturated heterocycles. The largest absolute Gasteiger partial charge is 0.378 e. The predicted octanol–water partition coefficient (Wildman–Crippen LogP) is 2.44. The van der Waals surface area contributed by atoms with E-state index in [1.54, 1.807) is 0 Å². The molecule has 1 aliphatic rings. The highest BCUT2D eigenvalue weighted by atomic mass is 32.2. The second-order valence-corrected chi connectivity index (χ2v) is 6.29. The molecule has 0 unspecified atom stereocenters. The van der Waals surface area contributed by atoms with Gasteiger partial charge in [0.2, 0.25) is 11.6 Å². The minimum Gasteiger partial charge on any atom is -0.378 e. The molecule has 1 heterocycles. The number of rotatable bonds is 5. The maximum atomic E-state index is 11.0. The van der Waals surface area contributed by atoms with Crippen LogP contribution in [0, 0.1) is 10.1 Å². The van der Waals surface area contributed by atoms with Crippen LogP contribution in [0.3, 0.4) is 0 Å². The van der Waals surface area contributed by atoms with Gasteiger partial charge in [0.15, 0.2) is 0 Å². The molecule has 7 nitrogen and oxygen atoms in total. The summed E-state index contributed by atoms with van der Waals surface area (Å²) in [6.45, 7) is 0.658. The predicted molar refractivity (Wildman–Crippen MR) is 80.9 cm³/mol. The lowest BCUT2D eigenvalue weighted by molar-refractivity contribution is -0.383. The van der Waals surface area contributed by atoms with Crippen molar-refractivity contribution < 1.29 is 4.92 Å². The fraction of sp³-hybridized carbons (Fsp3) is 0.667. The van der Waals surface area contributed by atoms with Crippen molar-refractivity contribution >= 4 is 29.1 Å². The maximum absolute atomic E-state index is 11.0. The summed E-state index contributed by atoms with van der Waals surface area (Å²) < 4.78 is 0.131. The van der Waals surface area contributed by atoms with Crippen LogP contribution in [0.15, 0.2) is 6.33 Å². The van der Waals surface area contributed by atoms with E-state index in [-0.39, 0.29) is 22.1 Å². The van der Waals surface area contributed by atoms with Gasteiger partial charge in [0.1, 0.15) is 6.33 Å². The molecule has 0 spiro atoms. The van der Waals surface area contributed by atoms with E-state index in [1.165, 1.54) is 25.6 Å². The first-order chi connectivity index (χ1) is 9.58. The van der Waals surface area contributed by atoms with E-state index in [1.807, 2.05) is 11.8 Å². The Labute approximate surface area is 121 Å². The highest BCUT2D eigenvalue weighted by Gasteiger charge is 2.32. The number of aromatic nitrogens is 2. The van der Waals surface area contributed by atoms with Crippen molar-refractivity contribution in [2.24, 2.45) is 0 Å². The molecular formula is C12H19N5O2S. The van der Waals surface area contributed by atoms with Gasteiger partial charge in [-0.3, -0.25) is 10.1 Å². The van der Waals surface area contributed by atoms with E-state index in [2.05, 4.69) is 21.5 Å². The molecule has 0 aromatic carbocycles. The van der Waals surface area contributed by atoms with Crippen molar-refractivity contribution in [2.45, 2.75) is 36.9 Å². The molecule has 110 valence electrons. The van der Waals surface area contributed by atoms with E-state index in [9.17, 15) is 10.1 Å². The van der Waals surface area contributed by atoms with E-state index >= 15 is 0 Å². The molecule has 20 heavy (non-hydrogen) atoms. The van der Waals surface area contributed by atoms with Crippen LogP contribution < -0.4 is 11.1 Å². The minimum atomic E-state index is -0.537. The van der Waals surface area contributed by atoms with Gasteiger partial charge in [0.25, 0.3) is 0 Å². The molecule has 0 atom stereocenters. The van der Waals surface area contributed by atoms with Crippen LogP contribution in [0.1, 0.15) is 32.1 Å². The molecule has 0 aliphatic heterocycles. The first-order valence-electron chi connectivity index (χ1n) is 6.62. The smallest absolute Gasteiger partial charge is 0.352 e. The van der Waals surface area contributed by atoms with Gasteiger partial charge in [-0.2, -0.15) is 11.8 Å². The fourth-order valence-electron chi connectivity index (χ4n) is 2.60. The summed E-state index contributed by atoms with van der Waals surface area (Å²) in [6, 6.07) is 0. The maximum Gasteiger partial charge on any atom is 0.352 e. The standard InChI is InChI=1S/C12H19N5O2S/c1-20-12(5-3-2-4-6-12)7-14-11-9(17(18)19)10(13)15-8-16-11/h8H,2-7H2,1H3,(H3,13,14,15,16). The van der Waals surface area contributed by atoms with Crippen LogP contribution in [-0.4, -0.2) is 32.4 Å². The average molecular weight is 297 g/mol. The van der Waals surface area contributed by atoms with Crippen molar-refractivity contribution in [1.29, 1.82) is 0 Å². The van der Waals surface area contributed by atoms with Gasteiger partial charge in [0, 0.05) is 11.3 Å². The monoisotopic (exact) mass is 297 g/mol. The van der Waals surface area contributed by atoms with Crippen LogP contribution in [0.4, 0.5) is 17.3 Å². The van der Waals surface area contributed by atoms with Crippen molar-refractivity contribution in [2.75, 3.05) is 23.9 Å². The number of hydrogen-bond donors (Lipinski definition) is 2. The van der Waals surface area contributed by atoms with Crippen LogP contribution in [0.5, 0.6) is 0 Å². The van der Waals surface area contributed by atoms with Crippen molar-refractivity contribution in [3.63, 3.8) is 0 Å². The minimum absolute atomic E-state index is 0.102. The molecule has 0 radical (unpaired) electrons. The van der Waals surface area contributed by atoms with Gasteiger partial charge >= 0.3 is 5.69 Å². The third-order valence-electron chi connectivity index (χ3n) is 3.81. The lowest BCUT2D eigenvalue weighted by atomic mass is 9.88. The van der Waals surface area contributed by atoms with Crippen molar-refractivity contribution in [3.05, 3.63) is 16.4 Å². The quantitative estimate of drug-likeness (QED) is 0.635. The number of hydrogen-bond acceptors (Lipinski definition) is 7. The third kappa shape index (κ3) is 3.12. The summed E-state index contributed by atoms with van der Waals surface area (Å²) in [4.78, 5) is 18.1. The molecule has 1 fully saturated rings. The van der Waals surface area contributed by atoms with Gasteiger partial charge in [-0.15, -0.1) is 0 Å². The van der Waals surface area contributed by atoms with E-state index in [4.69, 9.17) is 5.73 Å². The van der Waals surface area contributed by atoms with Crippen LogP contribution >= 0.6 is 11.8 Å². The fourth-order valence-corrected chi connectivity index (χ4v) is 3.51. The summed E-state index contributed by atoms with van der Waals surface area (Å²) in [5.41, 5.74) is 5.32. The summed E-state index contributed by atoms with van der Waals surface area (Å²) in [5.74, 6) is 0.107. The van der Waals surface area contributed by atoms with Crippen molar-refractivity contribution in [3.8, 4) is 0 Å².